The Morgan fingerprint density at radius 2 is 2.20 bits per heavy atom. The van der Waals surface area contributed by atoms with Crippen LogP contribution in [-0.2, 0) is 0 Å². The minimum atomic E-state index is 0.303. The zero-order valence-electron chi connectivity index (χ0n) is 8.89. The van der Waals surface area contributed by atoms with Crippen LogP contribution in [0.15, 0.2) is 12.1 Å². The van der Waals surface area contributed by atoms with Gasteiger partial charge in [-0.05, 0) is 49.6 Å². The van der Waals surface area contributed by atoms with Crippen LogP contribution in [0.4, 0.5) is 0 Å². The van der Waals surface area contributed by atoms with Gasteiger partial charge in [-0.15, -0.1) is 0 Å². The molecule has 0 amide bonds. The number of aromatic hydroxyl groups is 1. The van der Waals surface area contributed by atoms with Gasteiger partial charge < -0.3 is 10.4 Å². The molecule has 0 bridgehead atoms. The Morgan fingerprint density at radius 3 is 2.87 bits per heavy atom. The number of nitrogens with one attached hydrogen (secondary N) is 1. The highest BCUT2D eigenvalue weighted by Gasteiger charge is 2.18. The van der Waals surface area contributed by atoms with Crippen molar-refractivity contribution in [2.75, 3.05) is 6.54 Å². The van der Waals surface area contributed by atoms with E-state index in [0.29, 0.717) is 11.8 Å². The van der Waals surface area contributed by atoms with Crippen LogP contribution < -0.4 is 5.32 Å². The molecule has 1 fully saturated rings. The summed E-state index contributed by atoms with van der Waals surface area (Å²) in [4.78, 5) is 0. The summed E-state index contributed by atoms with van der Waals surface area (Å²) in [6.07, 6.45) is 3.55. The number of piperidine rings is 1. The number of halogens is 1. The quantitative estimate of drug-likeness (QED) is 0.770. The molecule has 1 atom stereocenters. The van der Waals surface area contributed by atoms with Gasteiger partial charge in [-0.3, -0.25) is 0 Å². The zero-order valence-corrected chi connectivity index (χ0v) is 9.64. The lowest BCUT2D eigenvalue weighted by atomic mass is 9.96. The van der Waals surface area contributed by atoms with Crippen molar-refractivity contribution in [3.8, 4) is 5.75 Å². The molecular formula is C12H16ClNO. The maximum Gasteiger partial charge on any atom is 0.116 e. The topological polar surface area (TPSA) is 32.3 Å². The van der Waals surface area contributed by atoms with Gasteiger partial charge in [0.05, 0.1) is 0 Å². The minimum Gasteiger partial charge on any atom is -0.508 e. The molecule has 0 aromatic heterocycles. The van der Waals surface area contributed by atoms with Crippen LogP contribution in [0.1, 0.15) is 36.4 Å². The molecule has 0 aliphatic carbocycles. The summed E-state index contributed by atoms with van der Waals surface area (Å²) in [6.45, 7) is 2.96. The van der Waals surface area contributed by atoms with Gasteiger partial charge in [0.15, 0.2) is 0 Å². The summed E-state index contributed by atoms with van der Waals surface area (Å²) in [5.74, 6) is 0.305. The molecule has 1 aromatic carbocycles. The highest BCUT2D eigenvalue weighted by Crippen LogP contribution is 2.33. The lowest BCUT2D eigenvalue weighted by Crippen LogP contribution is -2.27. The number of hydrogen-bond acceptors (Lipinski definition) is 2. The van der Waals surface area contributed by atoms with Gasteiger partial charge in [0.1, 0.15) is 5.75 Å². The second kappa shape index (κ2) is 4.42. The summed E-state index contributed by atoms with van der Waals surface area (Å²) >= 11 is 6.25. The maximum absolute atomic E-state index is 9.56. The van der Waals surface area contributed by atoms with Crippen molar-refractivity contribution >= 4 is 11.6 Å². The predicted octanol–water partition coefficient (Wildman–Crippen LogP) is 3.17. The Bertz CT molecular complexity index is 359. The molecule has 1 unspecified atom stereocenters. The van der Waals surface area contributed by atoms with Crippen LogP contribution >= 0.6 is 11.6 Å². The smallest absolute Gasteiger partial charge is 0.116 e. The fourth-order valence-corrected chi connectivity index (χ4v) is 2.39. The summed E-state index contributed by atoms with van der Waals surface area (Å²) in [5, 5.41) is 13.8. The number of benzene rings is 1. The molecule has 0 spiro atoms. The molecule has 3 heteroatoms. The number of phenolic OH excluding ortho intramolecular Hbond substituents is 1. The van der Waals surface area contributed by atoms with Gasteiger partial charge >= 0.3 is 0 Å². The van der Waals surface area contributed by atoms with Crippen LogP contribution in [-0.4, -0.2) is 11.7 Å². The van der Waals surface area contributed by atoms with Gasteiger partial charge in [-0.2, -0.15) is 0 Å². The van der Waals surface area contributed by atoms with E-state index < -0.39 is 0 Å². The van der Waals surface area contributed by atoms with Gasteiger partial charge in [0.25, 0.3) is 0 Å². The van der Waals surface area contributed by atoms with Crippen LogP contribution in [0.5, 0.6) is 5.75 Å². The molecule has 0 saturated carbocycles. The van der Waals surface area contributed by atoms with E-state index in [1.54, 1.807) is 12.1 Å². The monoisotopic (exact) mass is 225 g/mol. The Morgan fingerprint density at radius 1 is 1.40 bits per heavy atom. The molecular weight excluding hydrogens is 210 g/mol. The third-order valence-electron chi connectivity index (χ3n) is 2.95. The number of rotatable bonds is 1. The van der Waals surface area contributed by atoms with Crippen molar-refractivity contribution in [3.63, 3.8) is 0 Å². The van der Waals surface area contributed by atoms with E-state index in [-0.39, 0.29) is 0 Å². The summed E-state index contributed by atoms with van der Waals surface area (Å²) in [6, 6.07) is 3.78. The first-order chi connectivity index (χ1) is 7.18. The van der Waals surface area contributed by atoms with Crippen LogP contribution in [0.3, 0.4) is 0 Å². The number of hydrogen-bond donors (Lipinski definition) is 2. The second-order valence-electron chi connectivity index (χ2n) is 4.17. The first-order valence-corrected chi connectivity index (χ1v) is 5.78. The zero-order chi connectivity index (χ0) is 10.8. The standard InChI is InChI=1S/C12H16ClNO/c1-8-6-9(15)7-10(12(8)13)11-4-2-3-5-14-11/h6-7,11,14-15H,2-5H2,1H3. The fourth-order valence-electron chi connectivity index (χ4n) is 2.15. The van der Waals surface area contributed by atoms with E-state index in [1.165, 1.54) is 12.8 Å². The largest absolute Gasteiger partial charge is 0.508 e. The summed E-state index contributed by atoms with van der Waals surface area (Å²) < 4.78 is 0. The van der Waals surface area contributed by atoms with E-state index in [1.807, 2.05) is 6.92 Å². The van der Waals surface area contributed by atoms with Crippen LogP contribution in [0.2, 0.25) is 5.02 Å². The molecule has 2 nitrogen and oxygen atoms in total. The minimum absolute atomic E-state index is 0.303. The molecule has 0 radical (unpaired) electrons. The van der Waals surface area contributed by atoms with Gasteiger partial charge in [0.2, 0.25) is 0 Å². The van der Waals surface area contributed by atoms with E-state index in [0.717, 1.165) is 29.1 Å². The average Bonchev–Trinajstić information content (AvgIpc) is 2.24. The molecule has 2 N–H and O–H groups in total. The van der Waals surface area contributed by atoms with E-state index >= 15 is 0 Å². The highest BCUT2D eigenvalue weighted by molar-refractivity contribution is 6.32. The molecule has 2 rings (SSSR count). The predicted molar refractivity (Wildman–Crippen MR) is 62.4 cm³/mol. The fraction of sp³-hybridized carbons (Fsp3) is 0.500. The summed E-state index contributed by atoms with van der Waals surface area (Å²) in [5.41, 5.74) is 1.98. The number of aryl methyl sites for hydroxylation is 1. The molecule has 15 heavy (non-hydrogen) atoms. The molecule has 82 valence electrons. The van der Waals surface area contributed by atoms with Crippen molar-refractivity contribution in [2.45, 2.75) is 32.2 Å². The van der Waals surface area contributed by atoms with E-state index in [9.17, 15) is 5.11 Å². The Labute approximate surface area is 95.3 Å². The van der Waals surface area contributed by atoms with Crippen molar-refractivity contribution in [1.82, 2.24) is 5.32 Å². The molecule has 1 aliphatic heterocycles. The van der Waals surface area contributed by atoms with Crippen molar-refractivity contribution in [1.29, 1.82) is 0 Å². The van der Waals surface area contributed by atoms with Gasteiger partial charge in [-0.25, -0.2) is 0 Å². The molecule has 1 saturated heterocycles. The lowest BCUT2D eigenvalue weighted by molar-refractivity contribution is 0.409. The average molecular weight is 226 g/mol. The first-order valence-electron chi connectivity index (χ1n) is 5.41. The van der Waals surface area contributed by atoms with E-state index in [2.05, 4.69) is 5.32 Å². The Kier molecular flexibility index (Phi) is 3.17. The summed E-state index contributed by atoms with van der Waals surface area (Å²) in [7, 11) is 0. The normalized spacial score (nSPS) is 21.6. The molecule has 1 aliphatic rings. The Hall–Kier alpha value is -0.730. The molecule has 1 aromatic rings. The third-order valence-corrected chi connectivity index (χ3v) is 3.47. The van der Waals surface area contributed by atoms with E-state index in [4.69, 9.17) is 11.6 Å². The van der Waals surface area contributed by atoms with Crippen molar-refractivity contribution in [2.24, 2.45) is 0 Å². The first kappa shape index (κ1) is 10.8. The SMILES string of the molecule is Cc1cc(O)cc(C2CCCCN2)c1Cl. The van der Waals surface area contributed by atoms with Crippen LogP contribution in [0, 0.1) is 6.92 Å². The Balaban J connectivity index is 2.33. The van der Waals surface area contributed by atoms with Crippen molar-refractivity contribution < 1.29 is 5.11 Å². The lowest BCUT2D eigenvalue weighted by Gasteiger charge is -2.25. The third kappa shape index (κ3) is 2.27. The second-order valence-corrected chi connectivity index (χ2v) is 4.55. The van der Waals surface area contributed by atoms with Crippen molar-refractivity contribution in [3.05, 3.63) is 28.3 Å². The van der Waals surface area contributed by atoms with Gasteiger partial charge in [-0.1, -0.05) is 18.0 Å². The molecule has 1 heterocycles. The maximum atomic E-state index is 9.56. The van der Waals surface area contributed by atoms with Crippen LogP contribution in [0.25, 0.3) is 0 Å². The highest BCUT2D eigenvalue weighted by atomic mass is 35.5. The van der Waals surface area contributed by atoms with Gasteiger partial charge in [0, 0.05) is 11.1 Å². The number of phenols is 1.